The molecule has 110 valence electrons. The number of aryl methyl sites for hydroxylation is 1. The van der Waals surface area contributed by atoms with Gasteiger partial charge in [0.25, 0.3) is 0 Å². The average molecular weight is 287 g/mol. The summed E-state index contributed by atoms with van der Waals surface area (Å²) >= 11 is 0. The summed E-state index contributed by atoms with van der Waals surface area (Å²) in [6.45, 7) is 0. The molecule has 1 nitrogen and oxygen atoms in total. The highest BCUT2D eigenvalue weighted by molar-refractivity contribution is 5.36. The fraction of sp³-hybridized carbons (Fsp3) is 0.333. The molecule has 21 heavy (non-hydrogen) atoms. The van der Waals surface area contributed by atoms with Gasteiger partial charge in [0.05, 0.1) is 0 Å². The number of hydrogen-bond donors (Lipinski definition) is 1. The Morgan fingerprint density at radius 2 is 1.71 bits per heavy atom. The van der Waals surface area contributed by atoms with Crippen molar-refractivity contribution < 1.29 is 8.78 Å². The quantitative estimate of drug-likeness (QED) is 0.827. The Bertz CT molecular complexity index is 633. The number of rotatable bonds is 2. The lowest BCUT2D eigenvalue weighted by molar-refractivity contribution is 0.397. The summed E-state index contributed by atoms with van der Waals surface area (Å²) in [4.78, 5) is 0. The van der Waals surface area contributed by atoms with Crippen LogP contribution in [0.5, 0.6) is 0 Å². The maximum Gasteiger partial charge on any atom is 0.126 e. The molecule has 0 saturated carbocycles. The largest absolute Gasteiger partial charge is 0.321 e. The molecule has 0 aromatic heterocycles. The van der Waals surface area contributed by atoms with Crippen LogP contribution in [0.2, 0.25) is 0 Å². The molecule has 3 heteroatoms. The summed E-state index contributed by atoms with van der Waals surface area (Å²) in [6, 6.07) is 11.8. The van der Waals surface area contributed by atoms with Crippen LogP contribution >= 0.6 is 0 Å². The predicted molar refractivity (Wildman–Crippen MR) is 79.9 cm³/mol. The van der Waals surface area contributed by atoms with Crippen molar-refractivity contribution in [2.45, 2.75) is 37.6 Å². The van der Waals surface area contributed by atoms with Crippen LogP contribution in [0.25, 0.3) is 0 Å². The summed E-state index contributed by atoms with van der Waals surface area (Å²) in [6.07, 6.45) is 4.45. The fourth-order valence-electron chi connectivity index (χ4n) is 3.38. The highest BCUT2D eigenvalue weighted by Crippen LogP contribution is 2.35. The predicted octanol–water partition coefficient (Wildman–Crippen LogP) is 4.09. The molecule has 2 aromatic rings. The van der Waals surface area contributed by atoms with Crippen LogP contribution in [0.15, 0.2) is 42.5 Å². The van der Waals surface area contributed by atoms with Gasteiger partial charge in [0, 0.05) is 11.6 Å². The highest BCUT2D eigenvalue weighted by atomic mass is 19.1. The van der Waals surface area contributed by atoms with Crippen molar-refractivity contribution in [1.29, 1.82) is 0 Å². The Morgan fingerprint density at radius 1 is 1.00 bits per heavy atom. The molecule has 0 aliphatic heterocycles. The summed E-state index contributed by atoms with van der Waals surface area (Å²) in [5.41, 5.74) is 9.10. The van der Waals surface area contributed by atoms with Crippen LogP contribution in [0.1, 0.15) is 36.0 Å². The first-order chi connectivity index (χ1) is 10.1. The average Bonchev–Trinajstić information content (AvgIpc) is 2.58. The molecule has 0 radical (unpaired) electrons. The molecule has 0 heterocycles. The van der Waals surface area contributed by atoms with Crippen molar-refractivity contribution in [3.05, 3.63) is 70.8 Å². The minimum Gasteiger partial charge on any atom is -0.321 e. The van der Waals surface area contributed by atoms with E-state index in [1.807, 2.05) is 12.1 Å². The minimum absolute atomic E-state index is 0.457. The third kappa shape index (κ3) is 2.98. The molecule has 1 unspecified atom stereocenters. The monoisotopic (exact) mass is 287 g/mol. The molecule has 0 fully saturated rings. The van der Waals surface area contributed by atoms with Gasteiger partial charge in [0.1, 0.15) is 11.6 Å². The van der Waals surface area contributed by atoms with Crippen LogP contribution in [0.4, 0.5) is 8.78 Å². The van der Waals surface area contributed by atoms with Crippen molar-refractivity contribution >= 4 is 0 Å². The van der Waals surface area contributed by atoms with E-state index in [4.69, 9.17) is 5.73 Å². The Labute approximate surface area is 123 Å². The lowest BCUT2D eigenvalue weighted by Gasteiger charge is -2.30. The van der Waals surface area contributed by atoms with Gasteiger partial charge in [-0.15, -0.1) is 0 Å². The molecule has 2 N–H and O–H groups in total. The van der Waals surface area contributed by atoms with E-state index < -0.39 is 17.2 Å². The molecule has 0 amide bonds. The van der Waals surface area contributed by atoms with Crippen molar-refractivity contribution in [3.8, 4) is 0 Å². The summed E-state index contributed by atoms with van der Waals surface area (Å²) in [5.74, 6) is -1.09. The van der Waals surface area contributed by atoms with Gasteiger partial charge in [-0.1, -0.05) is 30.7 Å². The summed E-state index contributed by atoms with van der Waals surface area (Å²) < 4.78 is 26.8. The van der Waals surface area contributed by atoms with E-state index in [9.17, 15) is 8.78 Å². The number of halogens is 2. The molecule has 1 atom stereocenters. The first-order valence-corrected chi connectivity index (χ1v) is 7.39. The van der Waals surface area contributed by atoms with E-state index in [0.29, 0.717) is 12.0 Å². The van der Waals surface area contributed by atoms with Gasteiger partial charge in [-0.2, -0.15) is 0 Å². The fourth-order valence-corrected chi connectivity index (χ4v) is 3.38. The second kappa shape index (κ2) is 5.57. The van der Waals surface area contributed by atoms with Gasteiger partial charge >= 0.3 is 0 Å². The zero-order valence-corrected chi connectivity index (χ0v) is 11.9. The molecule has 0 bridgehead atoms. The molecular formula is C18H19F2N. The number of hydrogen-bond acceptors (Lipinski definition) is 1. The van der Waals surface area contributed by atoms with Gasteiger partial charge in [-0.25, -0.2) is 8.78 Å². The molecule has 0 saturated heterocycles. The van der Waals surface area contributed by atoms with Gasteiger partial charge in [-0.3, -0.25) is 0 Å². The van der Waals surface area contributed by atoms with Crippen molar-refractivity contribution in [2.24, 2.45) is 5.73 Å². The number of benzene rings is 2. The van der Waals surface area contributed by atoms with Crippen LogP contribution in [-0.2, 0) is 18.4 Å². The third-order valence-corrected chi connectivity index (χ3v) is 4.31. The second-order valence-corrected chi connectivity index (χ2v) is 5.97. The van der Waals surface area contributed by atoms with E-state index in [-0.39, 0.29) is 0 Å². The van der Waals surface area contributed by atoms with E-state index in [0.717, 1.165) is 37.3 Å². The maximum atomic E-state index is 13.4. The van der Waals surface area contributed by atoms with Crippen LogP contribution in [0.3, 0.4) is 0 Å². The maximum absolute atomic E-state index is 13.4. The minimum atomic E-state index is -0.548. The Morgan fingerprint density at radius 3 is 2.48 bits per heavy atom. The summed E-state index contributed by atoms with van der Waals surface area (Å²) in [7, 11) is 0. The molecule has 1 aliphatic rings. The SMILES string of the molecule is NC1(Cc2cc(F)cc(F)c2)CCCCc2ccccc21. The molecular weight excluding hydrogens is 268 g/mol. The van der Waals surface area contributed by atoms with Crippen LogP contribution in [0, 0.1) is 11.6 Å². The first kappa shape index (κ1) is 14.2. The van der Waals surface area contributed by atoms with Gasteiger partial charge in [0.2, 0.25) is 0 Å². The van der Waals surface area contributed by atoms with Gasteiger partial charge in [0.15, 0.2) is 0 Å². The highest BCUT2D eigenvalue weighted by Gasteiger charge is 2.31. The van der Waals surface area contributed by atoms with E-state index in [1.165, 1.54) is 17.7 Å². The lowest BCUT2D eigenvalue weighted by Crippen LogP contribution is -2.39. The molecule has 0 spiro atoms. The van der Waals surface area contributed by atoms with Crippen LogP contribution < -0.4 is 5.73 Å². The standard InChI is InChI=1S/C18H19F2N/c19-15-9-13(10-16(20)11-15)12-18(21)8-4-3-6-14-5-1-2-7-17(14)18/h1-2,5,7,9-11H,3-4,6,8,12,21H2. The molecule has 3 rings (SSSR count). The summed E-state index contributed by atoms with van der Waals surface area (Å²) in [5, 5.41) is 0. The normalized spacial score (nSPS) is 21.7. The Kier molecular flexibility index (Phi) is 3.77. The zero-order valence-electron chi connectivity index (χ0n) is 11.9. The Balaban J connectivity index is 1.99. The van der Waals surface area contributed by atoms with Crippen molar-refractivity contribution in [1.82, 2.24) is 0 Å². The van der Waals surface area contributed by atoms with Gasteiger partial charge in [-0.05, 0) is 54.5 Å². The van der Waals surface area contributed by atoms with Crippen LogP contribution in [-0.4, -0.2) is 0 Å². The molecule has 1 aliphatic carbocycles. The lowest BCUT2D eigenvalue weighted by atomic mass is 9.80. The van der Waals surface area contributed by atoms with E-state index in [2.05, 4.69) is 12.1 Å². The topological polar surface area (TPSA) is 26.0 Å². The Hall–Kier alpha value is -1.74. The second-order valence-electron chi connectivity index (χ2n) is 5.97. The smallest absolute Gasteiger partial charge is 0.126 e. The van der Waals surface area contributed by atoms with Crippen molar-refractivity contribution in [3.63, 3.8) is 0 Å². The van der Waals surface area contributed by atoms with E-state index in [1.54, 1.807) is 0 Å². The zero-order chi connectivity index (χ0) is 14.9. The van der Waals surface area contributed by atoms with E-state index >= 15 is 0 Å². The molecule has 2 aromatic carbocycles. The van der Waals surface area contributed by atoms with Gasteiger partial charge < -0.3 is 5.73 Å². The first-order valence-electron chi connectivity index (χ1n) is 7.39. The number of nitrogens with two attached hydrogens (primary N) is 1. The third-order valence-electron chi connectivity index (χ3n) is 4.31. The van der Waals surface area contributed by atoms with Crippen molar-refractivity contribution in [2.75, 3.05) is 0 Å². The number of fused-ring (bicyclic) bond motifs is 1.